The SMILES string of the molecule is CCN(CC)C(=O)c1ccc(C2=CC3(CCNCC3)Oc3c(OCC4CC4)cccc32)cc1. The second kappa shape index (κ2) is 9.22. The van der Waals surface area contributed by atoms with Gasteiger partial charge in [-0.25, -0.2) is 0 Å². The summed E-state index contributed by atoms with van der Waals surface area (Å²) in [6.07, 6.45) is 6.67. The minimum atomic E-state index is -0.331. The lowest BCUT2D eigenvalue weighted by Gasteiger charge is -2.40. The average Bonchev–Trinajstić information content (AvgIpc) is 3.68. The fourth-order valence-corrected chi connectivity index (χ4v) is 4.83. The Balaban J connectivity index is 1.51. The summed E-state index contributed by atoms with van der Waals surface area (Å²) in [5, 5.41) is 3.46. The number of hydrogen-bond donors (Lipinski definition) is 1. The maximum atomic E-state index is 12.8. The topological polar surface area (TPSA) is 50.8 Å². The van der Waals surface area contributed by atoms with Gasteiger partial charge in [0, 0.05) is 37.1 Å². The molecular weight excluding hydrogens is 412 g/mol. The third kappa shape index (κ3) is 4.51. The zero-order valence-electron chi connectivity index (χ0n) is 19.7. The summed E-state index contributed by atoms with van der Waals surface area (Å²) in [4.78, 5) is 14.6. The van der Waals surface area contributed by atoms with Crippen molar-refractivity contribution in [2.75, 3.05) is 32.8 Å². The summed E-state index contributed by atoms with van der Waals surface area (Å²) < 4.78 is 12.9. The van der Waals surface area contributed by atoms with E-state index < -0.39 is 0 Å². The fourth-order valence-electron chi connectivity index (χ4n) is 4.83. The van der Waals surface area contributed by atoms with E-state index in [2.05, 4.69) is 35.7 Å². The van der Waals surface area contributed by atoms with Gasteiger partial charge in [-0.05, 0) is 81.1 Å². The van der Waals surface area contributed by atoms with E-state index in [9.17, 15) is 4.79 Å². The molecule has 5 nitrogen and oxygen atoms in total. The molecule has 174 valence electrons. The highest BCUT2D eigenvalue weighted by Crippen LogP contribution is 2.47. The maximum absolute atomic E-state index is 12.8. The van der Waals surface area contributed by atoms with E-state index in [4.69, 9.17) is 9.47 Å². The highest BCUT2D eigenvalue weighted by atomic mass is 16.5. The first-order chi connectivity index (χ1) is 16.1. The van der Waals surface area contributed by atoms with Gasteiger partial charge in [0.2, 0.25) is 0 Å². The van der Waals surface area contributed by atoms with Crippen LogP contribution in [0.25, 0.3) is 5.57 Å². The van der Waals surface area contributed by atoms with Crippen LogP contribution >= 0.6 is 0 Å². The fraction of sp³-hybridized carbons (Fsp3) is 0.464. The number of fused-ring (bicyclic) bond motifs is 1. The molecule has 5 heteroatoms. The van der Waals surface area contributed by atoms with E-state index in [-0.39, 0.29) is 11.5 Å². The predicted octanol–water partition coefficient (Wildman–Crippen LogP) is 4.90. The zero-order chi connectivity index (χ0) is 22.8. The van der Waals surface area contributed by atoms with Gasteiger partial charge in [0.25, 0.3) is 5.91 Å². The molecule has 1 amide bonds. The highest BCUT2D eigenvalue weighted by molar-refractivity contribution is 5.95. The van der Waals surface area contributed by atoms with E-state index in [1.807, 2.05) is 36.9 Å². The Bertz CT molecular complexity index is 1030. The lowest BCUT2D eigenvalue weighted by atomic mass is 9.83. The van der Waals surface area contributed by atoms with E-state index in [0.717, 1.165) is 66.3 Å². The molecule has 1 N–H and O–H groups in total. The Morgan fingerprint density at radius 3 is 2.48 bits per heavy atom. The molecule has 1 saturated heterocycles. The lowest BCUT2D eigenvalue weighted by molar-refractivity contribution is 0.0764. The van der Waals surface area contributed by atoms with Crippen molar-refractivity contribution in [1.29, 1.82) is 0 Å². The number of para-hydroxylation sites is 1. The molecule has 0 aromatic heterocycles. The predicted molar refractivity (Wildman–Crippen MR) is 131 cm³/mol. The lowest BCUT2D eigenvalue weighted by Crippen LogP contribution is -2.46. The number of amides is 1. The van der Waals surface area contributed by atoms with E-state index in [0.29, 0.717) is 19.0 Å². The van der Waals surface area contributed by atoms with E-state index in [1.54, 1.807) is 0 Å². The molecule has 1 spiro atoms. The van der Waals surface area contributed by atoms with Crippen LogP contribution in [0.15, 0.2) is 48.5 Å². The zero-order valence-corrected chi connectivity index (χ0v) is 19.7. The number of hydrogen-bond acceptors (Lipinski definition) is 4. The second-order valence-corrected chi connectivity index (χ2v) is 9.42. The van der Waals surface area contributed by atoms with Crippen molar-refractivity contribution in [3.63, 3.8) is 0 Å². The van der Waals surface area contributed by atoms with Gasteiger partial charge in [0.15, 0.2) is 11.5 Å². The van der Waals surface area contributed by atoms with Crippen molar-refractivity contribution in [3.8, 4) is 11.5 Å². The molecule has 0 bridgehead atoms. The summed E-state index contributed by atoms with van der Waals surface area (Å²) in [6, 6.07) is 14.3. The van der Waals surface area contributed by atoms with Gasteiger partial charge in [-0.2, -0.15) is 0 Å². The first-order valence-corrected chi connectivity index (χ1v) is 12.4. The van der Waals surface area contributed by atoms with Gasteiger partial charge >= 0.3 is 0 Å². The summed E-state index contributed by atoms with van der Waals surface area (Å²) in [6.45, 7) is 8.08. The summed E-state index contributed by atoms with van der Waals surface area (Å²) in [7, 11) is 0. The van der Waals surface area contributed by atoms with Crippen molar-refractivity contribution in [2.24, 2.45) is 5.92 Å². The summed E-state index contributed by atoms with van der Waals surface area (Å²) in [5.74, 6) is 2.47. The minimum absolute atomic E-state index is 0.0819. The van der Waals surface area contributed by atoms with Crippen LogP contribution in [0.4, 0.5) is 0 Å². The van der Waals surface area contributed by atoms with Crippen LogP contribution in [-0.4, -0.2) is 49.2 Å². The van der Waals surface area contributed by atoms with Crippen LogP contribution in [0.1, 0.15) is 61.0 Å². The van der Waals surface area contributed by atoms with Crippen molar-refractivity contribution in [2.45, 2.75) is 45.1 Å². The molecule has 3 aliphatic rings. The van der Waals surface area contributed by atoms with Crippen LogP contribution in [0.2, 0.25) is 0 Å². The molecule has 2 aromatic rings. The quantitative estimate of drug-likeness (QED) is 0.657. The monoisotopic (exact) mass is 446 g/mol. The number of benzene rings is 2. The molecule has 0 atom stereocenters. The molecule has 1 saturated carbocycles. The number of rotatable bonds is 7. The van der Waals surface area contributed by atoms with Crippen LogP contribution in [0, 0.1) is 5.92 Å². The third-order valence-electron chi connectivity index (χ3n) is 7.10. The number of carbonyl (C=O) groups is 1. The largest absolute Gasteiger partial charge is 0.489 e. The van der Waals surface area contributed by atoms with Crippen molar-refractivity contribution in [3.05, 3.63) is 65.2 Å². The molecule has 2 aromatic carbocycles. The molecule has 2 fully saturated rings. The first kappa shape index (κ1) is 22.0. The average molecular weight is 447 g/mol. The molecule has 33 heavy (non-hydrogen) atoms. The number of piperidine rings is 1. The Morgan fingerprint density at radius 1 is 1.09 bits per heavy atom. The standard InChI is InChI=1S/C28H34N2O3/c1-3-30(4-2)27(31)22-12-10-21(11-13-22)24-18-28(14-16-29-17-15-28)33-26-23(24)6-5-7-25(26)32-19-20-8-9-20/h5-7,10-13,18,20,29H,3-4,8-9,14-17,19H2,1-2H3. The molecule has 5 rings (SSSR count). The Kier molecular flexibility index (Phi) is 6.15. The number of carbonyl (C=O) groups excluding carboxylic acids is 1. The van der Waals surface area contributed by atoms with Gasteiger partial charge in [0.05, 0.1) is 6.61 Å². The summed E-state index contributed by atoms with van der Waals surface area (Å²) in [5.41, 5.74) is 3.73. The van der Waals surface area contributed by atoms with Crippen molar-refractivity contribution < 1.29 is 14.3 Å². The van der Waals surface area contributed by atoms with Gasteiger partial charge < -0.3 is 19.7 Å². The van der Waals surface area contributed by atoms with Crippen molar-refractivity contribution in [1.82, 2.24) is 10.2 Å². The molecule has 0 unspecified atom stereocenters. The van der Waals surface area contributed by atoms with Gasteiger partial charge in [-0.15, -0.1) is 0 Å². The van der Waals surface area contributed by atoms with Gasteiger partial charge in [-0.3, -0.25) is 4.79 Å². The van der Waals surface area contributed by atoms with Crippen LogP contribution in [0.3, 0.4) is 0 Å². The van der Waals surface area contributed by atoms with E-state index >= 15 is 0 Å². The van der Waals surface area contributed by atoms with Crippen LogP contribution in [0.5, 0.6) is 11.5 Å². The van der Waals surface area contributed by atoms with E-state index in [1.165, 1.54) is 12.8 Å². The second-order valence-electron chi connectivity index (χ2n) is 9.42. The molecule has 2 heterocycles. The number of ether oxygens (including phenoxy) is 2. The minimum Gasteiger partial charge on any atom is -0.489 e. The molecule has 0 radical (unpaired) electrons. The maximum Gasteiger partial charge on any atom is 0.253 e. The van der Waals surface area contributed by atoms with Crippen LogP contribution < -0.4 is 14.8 Å². The Hall–Kier alpha value is -2.79. The van der Waals surface area contributed by atoms with Gasteiger partial charge in [-0.1, -0.05) is 24.3 Å². The first-order valence-electron chi connectivity index (χ1n) is 12.4. The Morgan fingerprint density at radius 2 is 1.82 bits per heavy atom. The van der Waals surface area contributed by atoms with Crippen molar-refractivity contribution >= 4 is 11.5 Å². The molecular formula is C28H34N2O3. The van der Waals surface area contributed by atoms with Crippen LogP contribution in [-0.2, 0) is 0 Å². The van der Waals surface area contributed by atoms with Gasteiger partial charge in [0.1, 0.15) is 5.60 Å². The third-order valence-corrected chi connectivity index (χ3v) is 7.10. The Labute approximate surface area is 196 Å². The number of nitrogens with zero attached hydrogens (tertiary/aromatic N) is 1. The summed E-state index contributed by atoms with van der Waals surface area (Å²) >= 11 is 0. The number of nitrogens with one attached hydrogen (secondary N) is 1. The molecule has 1 aliphatic carbocycles. The smallest absolute Gasteiger partial charge is 0.253 e. The highest BCUT2D eigenvalue weighted by Gasteiger charge is 2.38. The normalized spacial score (nSPS) is 18.8. The molecule has 2 aliphatic heterocycles.